The molecule has 154 valence electrons. The van der Waals surface area contributed by atoms with Crippen LogP contribution >= 0.6 is 23.2 Å². The van der Waals surface area contributed by atoms with Crippen molar-refractivity contribution in [1.82, 2.24) is 5.32 Å². The third-order valence-electron chi connectivity index (χ3n) is 4.33. The van der Waals surface area contributed by atoms with E-state index in [1.165, 1.54) is 31.4 Å². The first kappa shape index (κ1) is 22.8. The van der Waals surface area contributed by atoms with E-state index in [1.54, 1.807) is 12.1 Å². The lowest BCUT2D eigenvalue weighted by Crippen LogP contribution is -2.15. The van der Waals surface area contributed by atoms with Crippen molar-refractivity contribution in [3.05, 3.63) is 57.3 Å². The summed E-state index contributed by atoms with van der Waals surface area (Å²) in [6.45, 7) is 6.47. The largest absolute Gasteiger partial charge is 0.490 e. The zero-order valence-electron chi connectivity index (χ0n) is 16.5. The number of nitrogens with one attached hydrogen (secondary N) is 1. The lowest BCUT2D eigenvalue weighted by molar-refractivity contribution is 0.269. The molecule has 0 heterocycles. The van der Waals surface area contributed by atoms with Crippen LogP contribution in [0.3, 0.4) is 0 Å². The average molecular weight is 428 g/mol. The molecule has 0 saturated heterocycles. The minimum Gasteiger partial charge on any atom is -0.490 e. The van der Waals surface area contributed by atoms with Gasteiger partial charge in [-0.25, -0.2) is 4.39 Å². The van der Waals surface area contributed by atoms with Crippen LogP contribution in [-0.4, -0.2) is 13.2 Å². The van der Waals surface area contributed by atoms with E-state index in [-0.39, 0.29) is 12.4 Å². The standard InChI is InChI=1S/C22H28Cl2FNO2/c1-3-5-6-7-10-26-14-17-11-21(27-4-2)22(13-20(17)24)28-15-16-8-9-18(25)12-19(16)23/h8-9,11-13,26H,3-7,10,14-15H2,1-2H3. The second kappa shape index (κ2) is 12.2. The molecular weight excluding hydrogens is 400 g/mol. The predicted octanol–water partition coefficient (Wildman–Crippen LogP) is 6.78. The molecule has 0 amide bonds. The zero-order chi connectivity index (χ0) is 20.4. The summed E-state index contributed by atoms with van der Waals surface area (Å²) in [5, 5.41) is 4.37. The Balaban J connectivity index is 2.02. The number of halogens is 3. The highest BCUT2D eigenvalue weighted by Gasteiger charge is 2.12. The molecule has 3 nitrogen and oxygen atoms in total. The van der Waals surface area contributed by atoms with E-state index in [4.69, 9.17) is 32.7 Å². The van der Waals surface area contributed by atoms with Crippen LogP contribution in [0.1, 0.15) is 50.7 Å². The van der Waals surface area contributed by atoms with Gasteiger partial charge in [0.1, 0.15) is 12.4 Å². The van der Waals surface area contributed by atoms with Gasteiger partial charge < -0.3 is 14.8 Å². The van der Waals surface area contributed by atoms with Crippen molar-refractivity contribution in [2.75, 3.05) is 13.2 Å². The number of unbranched alkanes of at least 4 members (excludes halogenated alkanes) is 3. The lowest BCUT2D eigenvalue weighted by Gasteiger charge is -2.16. The maximum absolute atomic E-state index is 13.2. The molecule has 0 atom stereocenters. The lowest BCUT2D eigenvalue weighted by atomic mass is 10.1. The topological polar surface area (TPSA) is 30.5 Å². The molecule has 6 heteroatoms. The van der Waals surface area contributed by atoms with Gasteiger partial charge in [-0.2, -0.15) is 0 Å². The van der Waals surface area contributed by atoms with Crippen LogP contribution in [0.4, 0.5) is 4.39 Å². The van der Waals surface area contributed by atoms with Gasteiger partial charge >= 0.3 is 0 Å². The molecule has 0 fully saturated rings. The Morgan fingerprint density at radius 2 is 1.64 bits per heavy atom. The van der Waals surface area contributed by atoms with Crippen LogP contribution < -0.4 is 14.8 Å². The molecule has 0 aliphatic heterocycles. The summed E-state index contributed by atoms with van der Waals surface area (Å²) in [7, 11) is 0. The van der Waals surface area contributed by atoms with Gasteiger partial charge in [0.15, 0.2) is 11.5 Å². The van der Waals surface area contributed by atoms with Crippen molar-refractivity contribution < 1.29 is 13.9 Å². The Morgan fingerprint density at radius 1 is 0.893 bits per heavy atom. The number of hydrogen-bond acceptors (Lipinski definition) is 3. The van der Waals surface area contributed by atoms with Gasteiger partial charge in [-0.05, 0) is 43.7 Å². The van der Waals surface area contributed by atoms with Gasteiger partial charge in [0, 0.05) is 23.2 Å². The summed E-state index contributed by atoms with van der Waals surface area (Å²) < 4.78 is 24.8. The molecule has 2 rings (SSSR count). The van der Waals surface area contributed by atoms with Crippen molar-refractivity contribution in [3.8, 4) is 11.5 Å². The van der Waals surface area contributed by atoms with E-state index in [0.717, 1.165) is 18.5 Å². The van der Waals surface area contributed by atoms with Crippen molar-refractivity contribution in [2.45, 2.75) is 52.7 Å². The smallest absolute Gasteiger partial charge is 0.163 e. The summed E-state index contributed by atoms with van der Waals surface area (Å²) >= 11 is 12.5. The highest BCUT2D eigenvalue weighted by atomic mass is 35.5. The van der Waals surface area contributed by atoms with E-state index in [1.807, 2.05) is 13.0 Å². The van der Waals surface area contributed by atoms with Gasteiger partial charge in [-0.3, -0.25) is 0 Å². The first-order valence-electron chi connectivity index (χ1n) is 9.77. The fraction of sp³-hybridized carbons (Fsp3) is 0.455. The Labute approximate surface area is 177 Å². The van der Waals surface area contributed by atoms with Gasteiger partial charge in [0.05, 0.1) is 11.6 Å². The van der Waals surface area contributed by atoms with Gasteiger partial charge in [0.2, 0.25) is 0 Å². The van der Waals surface area contributed by atoms with Crippen molar-refractivity contribution in [1.29, 1.82) is 0 Å². The number of rotatable bonds is 12. The third-order valence-corrected chi connectivity index (χ3v) is 5.04. The molecule has 0 radical (unpaired) electrons. The molecule has 2 aromatic carbocycles. The van der Waals surface area contributed by atoms with Gasteiger partial charge in [0.25, 0.3) is 0 Å². The third kappa shape index (κ3) is 7.16. The highest BCUT2D eigenvalue weighted by molar-refractivity contribution is 6.31. The molecule has 0 bridgehead atoms. The second-order valence-corrected chi connectivity index (χ2v) is 7.40. The maximum Gasteiger partial charge on any atom is 0.163 e. The fourth-order valence-corrected chi connectivity index (χ4v) is 3.23. The van der Waals surface area contributed by atoms with Crippen molar-refractivity contribution >= 4 is 23.2 Å². The molecule has 0 aliphatic rings. The quantitative estimate of drug-likeness (QED) is 0.378. The van der Waals surface area contributed by atoms with E-state index in [2.05, 4.69) is 12.2 Å². The van der Waals surface area contributed by atoms with E-state index in [0.29, 0.717) is 40.3 Å². The first-order chi connectivity index (χ1) is 13.5. The van der Waals surface area contributed by atoms with Gasteiger partial charge in [-0.15, -0.1) is 0 Å². The molecule has 1 N–H and O–H groups in total. The Kier molecular flexibility index (Phi) is 9.89. The van der Waals surface area contributed by atoms with Crippen molar-refractivity contribution in [3.63, 3.8) is 0 Å². The average Bonchev–Trinajstić information content (AvgIpc) is 2.66. The summed E-state index contributed by atoms with van der Waals surface area (Å²) in [6.07, 6.45) is 4.89. The summed E-state index contributed by atoms with van der Waals surface area (Å²) in [6, 6.07) is 7.91. The number of ether oxygens (including phenoxy) is 2. The summed E-state index contributed by atoms with van der Waals surface area (Å²) in [5.41, 5.74) is 1.66. The molecule has 0 aromatic heterocycles. The number of benzene rings is 2. The van der Waals surface area contributed by atoms with Crippen molar-refractivity contribution in [2.24, 2.45) is 0 Å². The summed E-state index contributed by atoms with van der Waals surface area (Å²) in [4.78, 5) is 0. The number of hydrogen-bond donors (Lipinski definition) is 1. The van der Waals surface area contributed by atoms with Crippen LogP contribution in [0, 0.1) is 5.82 Å². The maximum atomic E-state index is 13.2. The van der Waals surface area contributed by atoms with Crippen LogP contribution in [0.5, 0.6) is 11.5 Å². The van der Waals surface area contributed by atoms with Crippen LogP contribution in [0.15, 0.2) is 30.3 Å². The van der Waals surface area contributed by atoms with E-state index in [9.17, 15) is 4.39 Å². The molecular formula is C22H28Cl2FNO2. The molecule has 28 heavy (non-hydrogen) atoms. The monoisotopic (exact) mass is 427 g/mol. The van der Waals surface area contributed by atoms with Crippen LogP contribution in [-0.2, 0) is 13.2 Å². The minimum atomic E-state index is -0.377. The Hall–Kier alpha value is -1.49. The van der Waals surface area contributed by atoms with Crippen LogP contribution in [0.25, 0.3) is 0 Å². The predicted molar refractivity (Wildman–Crippen MR) is 114 cm³/mol. The zero-order valence-corrected chi connectivity index (χ0v) is 18.0. The fourth-order valence-electron chi connectivity index (χ4n) is 2.79. The molecule has 0 aliphatic carbocycles. The normalized spacial score (nSPS) is 10.9. The van der Waals surface area contributed by atoms with E-state index >= 15 is 0 Å². The van der Waals surface area contributed by atoms with Crippen LogP contribution in [0.2, 0.25) is 10.0 Å². The molecule has 0 saturated carbocycles. The summed E-state index contributed by atoms with van der Waals surface area (Å²) in [5.74, 6) is 0.796. The minimum absolute atomic E-state index is 0.199. The van der Waals surface area contributed by atoms with Gasteiger partial charge in [-0.1, -0.05) is 55.5 Å². The van der Waals surface area contributed by atoms with E-state index < -0.39 is 0 Å². The highest BCUT2D eigenvalue weighted by Crippen LogP contribution is 2.34. The Bertz CT molecular complexity index is 756. The Morgan fingerprint density at radius 3 is 2.36 bits per heavy atom. The molecule has 0 spiro atoms. The second-order valence-electron chi connectivity index (χ2n) is 6.59. The molecule has 0 unspecified atom stereocenters. The first-order valence-corrected chi connectivity index (χ1v) is 10.5. The molecule has 2 aromatic rings. The SMILES string of the molecule is CCCCCCNCc1cc(OCC)c(OCc2ccc(F)cc2Cl)cc1Cl.